The number of hydrogen-bond acceptors (Lipinski definition) is 1. The van der Waals surface area contributed by atoms with Gasteiger partial charge in [-0.15, -0.1) is 0 Å². The quantitative estimate of drug-likeness (QED) is 0.622. The Kier molecular flexibility index (Phi) is 8.61. The van der Waals surface area contributed by atoms with Crippen LogP contribution in [0.1, 0.15) is 111 Å². The zero-order valence-corrected chi connectivity index (χ0v) is 17.6. The van der Waals surface area contributed by atoms with Gasteiger partial charge in [-0.05, 0) is 33.1 Å². The molecule has 2 nitrogen and oxygen atoms in total. The molecule has 0 atom stereocenters. The van der Waals surface area contributed by atoms with Crippen molar-refractivity contribution in [2.24, 2.45) is 5.92 Å². The molecule has 0 spiro atoms. The van der Waals surface area contributed by atoms with E-state index in [1.54, 1.807) is 0 Å². The standard InChI is InChI=1S/C22H40B2NO/c1-4-21(2,3)25-20(26)18-12-10-14-19(15-11-13-18)24-22(23)16-8-6-5-7-9-17-22/h18-19H,4-17H2,1-3H3,(H,25,26). The third-order valence-corrected chi connectivity index (χ3v) is 6.82. The van der Waals surface area contributed by atoms with Gasteiger partial charge in [0.1, 0.15) is 7.28 Å². The number of carbonyl (C=O) groups is 1. The van der Waals surface area contributed by atoms with Crippen molar-refractivity contribution in [2.75, 3.05) is 0 Å². The maximum Gasteiger partial charge on any atom is 0.223 e. The number of hydrogen-bond donors (Lipinski definition) is 1. The van der Waals surface area contributed by atoms with Gasteiger partial charge in [0.15, 0.2) is 0 Å². The van der Waals surface area contributed by atoms with Gasteiger partial charge in [-0.2, -0.15) is 0 Å². The molecule has 0 aromatic heterocycles. The van der Waals surface area contributed by atoms with Crippen molar-refractivity contribution in [1.29, 1.82) is 0 Å². The summed E-state index contributed by atoms with van der Waals surface area (Å²) in [5.41, 5.74) is -0.0834. The molecule has 2 aliphatic rings. The van der Waals surface area contributed by atoms with Gasteiger partial charge in [0.25, 0.3) is 0 Å². The van der Waals surface area contributed by atoms with E-state index in [-0.39, 0.29) is 22.6 Å². The zero-order chi connectivity index (χ0) is 19.0. The van der Waals surface area contributed by atoms with Crippen LogP contribution in [-0.2, 0) is 4.79 Å². The van der Waals surface area contributed by atoms with E-state index in [2.05, 4.69) is 33.4 Å². The van der Waals surface area contributed by atoms with Crippen LogP contribution in [0.4, 0.5) is 0 Å². The molecule has 2 saturated carbocycles. The summed E-state index contributed by atoms with van der Waals surface area (Å²) in [7, 11) is 9.32. The third kappa shape index (κ3) is 7.31. The van der Waals surface area contributed by atoms with Crippen molar-refractivity contribution >= 4 is 21.0 Å². The van der Waals surface area contributed by atoms with Crippen LogP contribution < -0.4 is 5.32 Å². The highest BCUT2D eigenvalue weighted by Gasteiger charge is 2.31. The molecule has 0 aromatic rings. The lowest BCUT2D eigenvalue weighted by molar-refractivity contribution is -0.127. The SMILES string of the molecule is [B]C1([B]C2CCCC(C(=O)NC(C)(C)CC)CCC2)CCCCCCC1. The van der Waals surface area contributed by atoms with E-state index in [9.17, 15) is 4.79 Å². The fraction of sp³-hybridized carbons (Fsp3) is 0.955. The van der Waals surface area contributed by atoms with E-state index in [0.717, 1.165) is 32.1 Å². The summed E-state index contributed by atoms with van der Waals surface area (Å²) in [6.45, 7) is 6.37. The fourth-order valence-corrected chi connectivity index (χ4v) is 4.69. The minimum atomic E-state index is -0.0834. The van der Waals surface area contributed by atoms with Crippen LogP contribution >= 0.6 is 0 Å². The van der Waals surface area contributed by atoms with Gasteiger partial charge in [0.05, 0.1) is 7.85 Å². The number of carbonyl (C=O) groups excluding carboxylic acids is 1. The minimum Gasteiger partial charge on any atom is -0.351 e. The summed E-state index contributed by atoms with van der Waals surface area (Å²) in [6.07, 6.45) is 16.8. The molecule has 3 radical (unpaired) electrons. The number of amides is 1. The van der Waals surface area contributed by atoms with Crippen LogP contribution in [0, 0.1) is 5.92 Å². The van der Waals surface area contributed by atoms with Crippen LogP contribution in [0.3, 0.4) is 0 Å². The molecular formula is C22H40B2NO. The first-order chi connectivity index (χ1) is 12.3. The van der Waals surface area contributed by atoms with Gasteiger partial charge in [-0.1, -0.05) is 88.6 Å². The maximum atomic E-state index is 12.6. The second-order valence-electron chi connectivity index (χ2n) is 9.71. The molecule has 2 fully saturated rings. The van der Waals surface area contributed by atoms with E-state index in [4.69, 9.17) is 7.85 Å². The van der Waals surface area contributed by atoms with Gasteiger partial charge in [0, 0.05) is 11.5 Å². The van der Waals surface area contributed by atoms with Crippen LogP contribution in [0.15, 0.2) is 0 Å². The Morgan fingerprint density at radius 2 is 1.54 bits per heavy atom. The molecule has 4 heteroatoms. The van der Waals surface area contributed by atoms with Gasteiger partial charge in [-0.25, -0.2) is 0 Å². The topological polar surface area (TPSA) is 29.1 Å². The second-order valence-corrected chi connectivity index (χ2v) is 9.71. The van der Waals surface area contributed by atoms with Crippen molar-refractivity contribution in [3.63, 3.8) is 0 Å². The van der Waals surface area contributed by atoms with Crippen molar-refractivity contribution in [3.8, 4) is 0 Å². The highest BCUT2D eigenvalue weighted by molar-refractivity contribution is 6.55. The van der Waals surface area contributed by atoms with Crippen LogP contribution in [-0.4, -0.2) is 26.6 Å². The molecule has 26 heavy (non-hydrogen) atoms. The van der Waals surface area contributed by atoms with E-state index in [0.29, 0.717) is 5.82 Å². The Bertz CT molecular complexity index is 420. The minimum absolute atomic E-state index is 0.0355. The van der Waals surface area contributed by atoms with Crippen molar-refractivity contribution in [2.45, 2.75) is 127 Å². The van der Waals surface area contributed by atoms with E-state index < -0.39 is 0 Å². The molecule has 1 amide bonds. The van der Waals surface area contributed by atoms with Gasteiger partial charge in [-0.3, -0.25) is 4.79 Å². The second kappa shape index (κ2) is 10.2. The van der Waals surface area contributed by atoms with E-state index >= 15 is 0 Å². The van der Waals surface area contributed by atoms with Crippen molar-refractivity contribution in [3.05, 3.63) is 0 Å². The first-order valence-electron chi connectivity index (χ1n) is 11.3. The van der Waals surface area contributed by atoms with Crippen molar-refractivity contribution < 1.29 is 4.79 Å². The summed E-state index contributed by atoms with van der Waals surface area (Å²) >= 11 is 0. The molecule has 0 heterocycles. The summed E-state index contributed by atoms with van der Waals surface area (Å²) in [5, 5.41) is 3.22. The van der Waals surface area contributed by atoms with Crippen LogP contribution in [0.25, 0.3) is 0 Å². The Hall–Kier alpha value is -0.400. The van der Waals surface area contributed by atoms with E-state index in [1.165, 1.54) is 57.8 Å². The van der Waals surface area contributed by atoms with E-state index in [1.807, 2.05) is 0 Å². The smallest absolute Gasteiger partial charge is 0.223 e. The molecule has 2 rings (SSSR count). The number of rotatable bonds is 5. The average Bonchev–Trinajstić information content (AvgIpc) is 2.53. The lowest BCUT2D eigenvalue weighted by Gasteiger charge is -2.36. The molecule has 0 unspecified atom stereocenters. The lowest BCUT2D eigenvalue weighted by Crippen LogP contribution is -2.45. The molecule has 0 aromatic carbocycles. The normalized spacial score (nSPS) is 28.1. The first-order valence-corrected chi connectivity index (χ1v) is 11.3. The summed E-state index contributed by atoms with van der Waals surface area (Å²) < 4.78 is 0. The summed E-state index contributed by atoms with van der Waals surface area (Å²) in [6, 6.07) is 0. The Labute approximate surface area is 164 Å². The van der Waals surface area contributed by atoms with Crippen molar-refractivity contribution in [1.82, 2.24) is 5.32 Å². The zero-order valence-electron chi connectivity index (χ0n) is 17.6. The maximum absolute atomic E-state index is 12.6. The van der Waals surface area contributed by atoms with Crippen LogP contribution in [0.2, 0.25) is 11.0 Å². The predicted molar refractivity (Wildman–Crippen MR) is 114 cm³/mol. The third-order valence-electron chi connectivity index (χ3n) is 6.82. The Morgan fingerprint density at radius 3 is 2.08 bits per heavy atom. The van der Waals surface area contributed by atoms with Gasteiger partial charge in [0.2, 0.25) is 5.91 Å². The van der Waals surface area contributed by atoms with Gasteiger partial charge >= 0.3 is 0 Å². The highest BCUT2D eigenvalue weighted by atomic mass is 16.2. The molecular weight excluding hydrogens is 316 g/mol. The first kappa shape index (κ1) is 21.9. The molecule has 1 N–H and O–H groups in total. The predicted octanol–water partition coefficient (Wildman–Crippen LogP) is 5.78. The van der Waals surface area contributed by atoms with Gasteiger partial charge < -0.3 is 5.32 Å². The average molecular weight is 356 g/mol. The Morgan fingerprint density at radius 1 is 1.00 bits per heavy atom. The molecule has 145 valence electrons. The molecule has 0 bridgehead atoms. The van der Waals surface area contributed by atoms with Crippen LogP contribution in [0.5, 0.6) is 0 Å². The molecule has 0 aliphatic heterocycles. The fourth-order valence-electron chi connectivity index (χ4n) is 4.69. The largest absolute Gasteiger partial charge is 0.351 e. The monoisotopic (exact) mass is 356 g/mol. The lowest BCUT2D eigenvalue weighted by atomic mass is 9.34. The summed E-state index contributed by atoms with van der Waals surface area (Å²) in [4.78, 5) is 12.6. The Balaban J connectivity index is 1.81. The summed E-state index contributed by atoms with van der Waals surface area (Å²) in [5.74, 6) is 1.13. The number of nitrogens with one attached hydrogen (secondary N) is 1. The highest BCUT2D eigenvalue weighted by Crippen LogP contribution is 2.42. The molecule has 0 saturated heterocycles. The molecule has 2 aliphatic carbocycles.